The maximum absolute atomic E-state index is 12.5. The van der Waals surface area contributed by atoms with Gasteiger partial charge >= 0.3 is 0 Å². The lowest BCUT2D eigenvalue weighted by Gasteiger charge is -2.43. The summed E-state index contributed by atoms with van der Waals surface area (Å²) in [4.78, 5) is 17.1. The minimum Gasteiger partial charge on any atom is -0.396 e. The summed E-state index contributed by atoms with van der Waals surface area (Å²) < 4.78 is 0. The maximum atomic E-state index is 12.5. The van der Waals surface area contributed by atoms with Crippen molar-refractivity contribution in [1.82, 2.24) is 9.80 Å². The van der Waals surface area contributed by atoms with E-state index in [-0.39, 0.29) is 11.3 Å². The molecule has 2 aliphatic heterocycles. The van der Waals surface area contributed by atoms with Gasteiger partial charge in [0.15, 0.2) is 0 Å². The molecule has 3 heterocycles. The molecule has 5 heteroatoms. The van der Waals surface area contributed by atoms with E-state index in [1.54, 1.807) is 11.3 Å². The molecule has 4 rings (SSSR count). The van der Waals surface area contributed by atoms with Gasteiger partial charge in [0.1, 0.15) is 0 Å². The Kier molecular flexibility index (Phi) is 4.20. The first kappa shape index (κ1) is 15.6. The summed E-state index contributed by atoms with van der Waals surface area (Å²) in [6, 6.07) is 2.68. The molecule has 0 bridgehead atoms. The number of amides is 1. The van der Waals surface area contributed by atoms with Gasteiger partial charge in [0.05, 0.1) is 5.56 Å². The van der Waals surface area contributed by atoms with Crippen LogP contribution in [-0.2, 0) is 0 Å². The average Bonchev–Trinajstić information content (AvgIpc) is 3.14. The molecule has 1 aliphatic carbocycles. The van der Waals surface area contributed by atoms with Crippen molar-refractivity contribution in [2.75, 3.05) is 32.8 Å². The third kappa shape index (κ3) is 2.73. The second-order valence-corrected chi connectivity index (χ2v) is 8.34. The molecule has 1 amide bonds. The molecule has 2 saturated heterocycles. The van der Waals surface area contributed by atoms with Crippen molar-refractivity contribution in [1.29, 1.82) is 0 Å². The third-order valence-corrected chi connectivity index (χ3v) is 7.15. The Bertz CT molecular complexity index is 547. The summed E-state index contributed by atoms with van der Waals surface area (Å²) >= 11 is 1.58. The van der Waals surface area contributed by atoms with E-state index in [4.69, 9.17) is 0 Å². The molecule has 1 saturated carbocycles. The van der Waals surface area contributed by atoms with E-state index >= 15 is 0 Å². The number of nitrogens with zero attached hydrogens (tertiary/aromatic N) is 2. The Morgan fingerprint density at radius 1 is 1.35 bits per heavy atom. The molecule has 0 aromatic carbocycles. The number of carbonyl (C=O) groups is 1. The van der Waals surface area contributed by atoms with Crippen molar-refractivity contribution >= 4 is 17.2 Å². The highest BCUT2D eigenvalue weighted by atomic mass is 32.1. The van der Waals surface area contributed by atoms with Crippen LogP contribution in [0.3, 0.4) is 0 Å². The van der Waals surface area contributed by atoms with Gasteiger partial charge in [-0.25, -0.2) is 0 Å². The smallest absolute Gasteiger partial charge is 0.254 e. The molecule has 1 spiro atoms. The van der Waals surface area contributed by atoms with E-state index in [0.717, 1.165) is 50.6 Å². The van der Waals surface area contributed by atoms with Crippen molar-refractivity contribution in [3.8, 4) is 0 Å². The highest BCUT2D eigenvalue weighted by Gasteiger charge is 2.49. The number of rotatable bonds is 3. The molecule has 23 heavy (non-hydrogen) atoms. The summed E-state index contributed by atoms with van der Waals surface area (Å²) in [5, 5.41) is 13.8. The standard InChI is InChI=1S/C18H26N2O2S/c21-11-15-10-20(16-2-1-3-16)13-18(15)5-7-19(8-6-18)17(22)14-4-9-23-12-14/h4,9,12,15-16,21H,1-3,5-8,10-11,13H2. The molecule has 4 nitrogen and oxygen atoms in total. The van der Waals surface area contributed by atoms with Crippen molar-refractivity contribution in [2.24, 2.45) is 11.3 Å². The zero-order valence-corrected chi connectivity index (χ0v) is 14.4. The van der Waals surface area contributed by atoms with Gasteiger partial charge in [0.2, 0.25) is 0 Å². The number of hydrogen-bond acceptors (Lipinski definition) is 4. The van der Waals surface area contributed by atoms with Gasteiger partial charge < -0.3 is 10.0 Å². The fraction of sp³-hybridized carbons (Fsp3) is 0.722. The van der Waals surface area contributed by atoms with Crippen LogP contribution in [0.25, 0.3) is 0 Å². The van der Waals surface area contributed by atoms with Crippen LogP contribution in [0.2, 0.25) is 0 Å². The summed E-state index contributed by atoms with van der Waals surface area (Å²) in [6.45, 7) is 4.15. The van der Waals surface area contributed by atoms with Gasteiger partial charge in [-0.15, -0.1) is 0 Å². The number of hydrogen-bond donors (Lipinski definition) is 1. The van der Waals surface area contributed by atoms with Gasteiger partial charge in [-0.05, 0) is 42.5 Å². The molecule has 0 radical (unpaired) electrons. The number of piperidine rings is 1. The fourth-order valence-electron chi connectivity index (χ4n) is 4.65. The molecule has 126 valence electrons. The molecule has 1 aromatic heterocycles. The van der Waals surface area contributed by atoms with Gasteiger partial charge in [0.25, 0.3) is 5.91 Å². The second kappa shape index (κ2) is 6.19. The first-order valence-corrected chi connectivity index (χ1v) is 9.82. The number of likely N-dealkylation sites (tertiary alicyclic amines) is 2. The molecule has 1 aromatic rings. The summed E-state index contributed by atoms with van der Waals surface area (Å²) in [6.07, 6.45) is 6.10. The maximum Gasteiger partial charge on any atom is 0.254 e. The van der Waals surface area contributed by atoms with E-state index < -0.39 is 0 Å². The topological polar surface area (TPSA) is 43.8 Å². The Hall–Kier alpha value is -0.910. The normalized spacial score (nSPS) is 28.2. The largest absolute Gasteiger partial charge is 0.396 e. The van der Waals surface area contributed by atoms with Gasteiger partial charge in [-0.1, -0.05) is 6.42 Å². The summed E-state index contributed by atoms with van der Waals surface area (Å²) in [5.41, 5.74) is 1.06. The van der Waals surface area contributed by atoms with Crippen LogP contribution in [0.5, 0.6) is 0 Å². The molecule has 3 aliphatic rings. The zero-order valence-electron chi connectivity index (χ0n) is 13.6. The third-order valence-electron chi connectivity index (χ3n) is 6.46. The van der Waals surface area contributed by atoms with Crippen molar-refractivity contribution < 1.29 is 9.90 Å². The number of thiophene rings is 1. The second-order valence-electron chi connectivity index (χ2n) is 7.56. The lowest BCUT2D eigenvalue weighted by molar-refractivity contribution is 0.0386. The summed E-state index contributed by atoms with van der Waals surface area (Å²) in [5.74, 6) is 0.567. The molecule has 1 unspecified atom stereocenters. The van der Waals surface area contributed by atoms with Crippen LogP contribution in [-0.4, -0.2) is 59.6 Å². The van der Waals surface area contributed by atoms with Crippen molar-refractivity contribution in [2.45, 2.75) is 38.1 Å². The minimum atomic E-state index is 0.176. The first-order chi connectivity index (χ1) is 11.2. The Labute approximate surface area is 142 Å². The monoisotopic (exact) mass is 334 g/mol. The van der Waals surface area contributed by atoms with Crippen LogP contribution in [0.1, 0.15) is 42.5 Å². The Morgan fingerprint density at radius 3 is 2.70 bits per heavy atom. The minimum absolute atomic E-state index is 0.176. The van der Waals surface area contributed by atoms with Gasteiger partial charge in [0, 0.05) is 50.1 Å². The van der Waals surface area contributed by atoms with E-state index in [1.165, 1.54) is 19.3 Å². The highest BCUT2D eigenvalue weighted by Crippen LogP contribution is 2.46. The SMILES string of the molecule is O=C(c1ccsc1)N1CCC2(CC1)CN(C1CCC1)CC2CO. The van der Waals surface area contributed by atoms with Crippen LogP contribution in [0.15, 0.2) is 16.8 Å². The van der Waals surface area contributed by atoms with Crippen molar-refractivity contribution in [3.63, 3.8) is 0 Å². The lowest BCUT2D eigenvalue weighted by Crippen LogP contribution is -2.47. The summed E-state index contributed by atoms with van der Waals surface area (Å²) in [7, 11) is 0. The average molecular weight is 334 g/mol. The molecular formula is C18H26N2O2S. The van der Waals surface area contributed by atoms with E-state index in [2.05, 4.69) is 4.90 Å². The fourth-order valence-corrected chi connectivity index (χ4v) is 5.28. The number of carbonyl (C=O) groups excluding carboxylic acids is 1. The van der Waals surface area contributed by atoms with Crippen LogP contribution >= 0.6 is 11.3 Å². The van der Waals surface area contributed by atoms with E-state index in [1.807, 2.05) is 21.7 Å². The molecule has 1 atom stereocenters. The van der Waals surface area contributed by atoms with Crippen molar-refractivity contribution in [3.05, 3.63) is 22.4 Å². The molecular weight excluding hydrogens is 308 g/mol. The predicted octanol–water partition coefficient (Wildman–Crippen LogP) is 2.45. The van der Waals surface area contributed by atoms with E-state index in [0.29, 0.717) is 12.5 Å². The predicted molar refractivity (Wildman–Crippen MR) is 91.7 cm³/mol. The molecule has 1 N–H and O–H groups in total. The first-order valence-electron chi connectivity index (χ1n) is 8.88. The zero-order chi connectivity index (χ0) is 15.9. The number of aliphatic hydroxyl groups is 1. The van der Waals surface area contributed by atoms with Gasteiger partial charge in [-0.2, -0.15) is 11.3 Å². The van der Waals surface area contributed by atoms with Crippen LogP contribution in [0, 0.1) is 11.3 Å². The van der Waals surface area contributed by atoms with Gasteiger partial charge in [-0.3, -0.25) is 9.69 Å². The lowest BCUT2D eigenvalue weighted by atomic mass is 9.71. The molecule has 3 fully saturated rings. The van der Waals surface area contributed by atoms with E-state index in [9.17, 15) is 9.90 Å². The highest BCUT2D eigenvalue weighted by molar-refractivity contribution is 7.08. The Morgan fingerprint density at radius 2 is 2.13 bits per heavy atom. The quantitative estimate of drug-likeness (QED) is 0.923. The number of aliphatic hydroxyl groups excluding tert-OH is 1. The van der Waals surface area contributed by atoms with Crippen LogP contribution < -0.4 is 0 Å². The Balaban J connectivity index is 1.42. The van der Waals surface area contributed by atoms with Crippen LogP contribution in [0.4, 0.5) is 0 Å².